The molecule has 0 spiro atoms. The van der Waals surface area contributed by atoms with Crippen molar-refractivity contribution in [3.8, 4) is 5.75 Å². The fourth-order valence-corrected chi connectivity index (χ4v) is 2.18. The van der Waals surface area contributed by atoms with Gasteiger partial charge in [0.1, 0.15) is 5.75 Å². The predicted molar refractivity (Wildman–Crippen MR) is 94.9 cm³/mol. The first-order valence-corrected chi connectivity index (χ1v) is 7.47. The highest BCUT2D eigenvalue weighted by molar-refractivity contribution is 6.04. The van der Waals surface area contributed by atoms with Gasteiger partial charge in [0.15, 0.2) is 0 Å². The maximum Gasteiger partial charge on any atom is 0.257 e. The van der Waals surface area contributed by atoms with E-state index >= 15 is 0 Å². The Morgan fingerprint density at radius 1 is 0.917 bits per heavy atom. The summed E-state index contributed by atoms with van der Waals surface area (Å²) < 4.78 is 5.14. The number of nitrogens with one attached hydrogen (secondary N) is 2. The summed E-state index contributed by atoms with van der Waals surface area (Å²) in [7, 11) is 1.64. The lowest BCUT2D eigenvalue weighted by Crippen LogP contribution is -2.11. The fraction of sp³-hybridized carbons (Fsp3) is 0.0526. The van der Waals surface area contributed by atoms with Gasteiger partial charge in [0, 0.05) is 29.5 Å². The van der Waals surface area contributed by atoms with Crippen LogP contribution in [0.5, 0.6) is 5.75 Å². The molecule has 5 nitrogen and oxygen atoms in total. The topological polar surface area (TPSA) is 63.2 Å². The zero-order valence-corrected chi connectivity index (χ0v) is 13.2. The van der Waals surface area contributed by atoms with Crippen LogP contribution in [0.15, 0.2) is 73.1 Å². The molecule has 0 atom stereocenters. The predicted octanol–water partition coefficient (Wildman–Crippen LogP) is 4.09. The Hall–Kier alpha value is -3.34. The van der Waals surface area contributed by atoms with Crippen molar-refractivity contribution in [2.24, 2.45) is 0 Å². The van der Waals surface area contributed by atoms with Crippen LogP contribution in [0.1, 0.15) is 10.4 Å². The fourth-order valence-electron chi connectivity index (χ4n) is 2.18. The molecule has 2 aromatic carbocycles. The summed E-state index contributed by atoms with van der Waals surface area (Å²) >= 11 is 0. The number of benzene rings is 2. The van der Waals surface area contributed by atoms with Gasteiger partial charge in [0.2, 0.25) is 0 Å². The Kier molecular flexibility index (Phi) is 4.72. The summed E-state index contributed by atoms with van der Waals surface area (Å²) in [6, 6.07) is 18.6. The van der Waals surface area contributed by atoms with E-state index in [1.807, 2.05) is 48.5 Å². The zero-order valence-electron chi connectivity index (χ0n) is 13.2. The van der Waals surface area contributed by atoms with Crippen molar-refractivity contribution in [3.63, 3.8) is 0 Å². The van der Waals surface area contributed by atoms with Gasteiger partial charge in [-0.15, -0.1) is 0 Å². The van der Waals surface area contributed by atoms with Crippen LogP contribution in [0.4, 0.5) is 17.1 Å². The summed E-state index contributed by atoms with van der Waals surface area (Å²) in [6.45, 7) is 0. The van der Waals surface area contributed by atoms with Crippen molar-refractivity contribution >= 4 is 23.0 Å². The number of hydrogen-bond acceptors (Lipinski definition) is 4. The van der Waals surface area contributed by atoms with E-state index in [9.17, 15) is 4.79 Å². The van der Waals surface area contributed by atoms with Gasteiger partial charge in [-0.2, -0.15) is 0 Å². The summed E-state index contributed by atoms with van der Waals surface area (Å²) in [5, 5.41) is 6.13. The van der Waals surface area contributed by atoms with Crippen LogP contribution in [0.25, 0.3) is 0 Å². The first-order valence-electron chi connectivity index (χ1n) is 7.47. The van der Waals surface area contributed by atoms with Gasteiger partial charge in [-0.3, -0.25) is 9.78 Å². The van der Waals surface area contributed by atoms with E-state index in [-0.39, 0.29) is 5.91 Å². The maximum atomic E-state index is 12.1. The minimum absolute atomic E-state index is 0.182. The summed E-state index contributed by atoms with van der Waals surface area (Å²) in [6.07, 6.45) is 3.17. The van der Waals surface area contributed by atoms with Gasteiger partial charge in [0.25, 0.3) is 5.91 Å². The molecule has 0 radical (unpaired) electrons. The van der Waals surface area contributed by atoms with E-state index in [0.29, 0.717) is 5.56 Å². The molecule has 0 aliphatic carbocycles. The largest absolute Gasteiger partial charge is 0.497 e. The summed E-state index contributed by atoms with van der Waals surface area (Å²) in [5.74, 6) is 0.632. The third-order valence-electron chi connectivity index (χ3n) is 3.45. The molecule has 5 heteroatoms. The van der Waals surface area contributed by atoms with Crippen molar-refractivity contribution in [1.82, 2.24) is 4.98 Å². The third-order valence-corrected chi connectivity index (χ3v) is 3.45. The van der Waals surface area contributed by atoms with E-state index in [1.54, 1.807) is 25.4 Å². The second kappa shape index (κ2) is 7.28. The standard InChI is InChI=1S/C19H17N3O2/c1-24-18-10-8-16(9-11-18)21-15-4-6-17(7-5-15)22-19(23)14-3-2-12-20-13-14/h2-13,21H,1H3,(H,22,23). The summed E-state index contributed by atoms with van der Waals surface area (Å²) in [5.41, 5.74) is 3.14. The van der Waals surface area contributed by atoms with Gasteiger partial charge in [0.05, 0.1) is 12.7 Å². The van der Waals surface area contributed by atoms with Gasteiger partial charge >= 0.3 is 0 Å². The molecule has 0 aliphatic rings. The van der Waals surface area contributed by atoms with Crippen LogP contribution >= 0.6 is 0 Å². The number of nitrogens with zero attached hydrogens (tertiary/aromatic N) is 1. The molecule has 3 rings (SSSR count). The number of methoxy groups -OCH3 is 1. The number of amides is 1. The minimum Gasteiger partial charge on any atom is -0.497 e. The van der Waals surface area contributed by atoms with Gasteiger partial charge in [-0.25, -0.2) is 0 Å². The number of carbonyl (C=O) groups is 1. The van der Waals surface area contributed by atoms with E-state index < -0.39 is 0 Å². The minimum atomic E-state index is -0.182. The van der Waals surface area contributed by atoms with Crippen LogP contribution in [-0.2, 0) is 0 Å². The Balaban J connectivity index is 1.63. The smallest absolute Gasteiger partial charge is 0.257 e. The molecule has 2 N–H and O–H groups in total. The van der Waals surface area contributed by atoms with E-state index in [1.165, 1.54) is 6.20 Å². The number of hydrogen-bond donors (Lipinski definition) is 2. The average Bonchev–Trinajstić information content (AvgIpc) is 2.65. The zero-order chi connectivity index (χ0) is 16.8. The SMILES string of the molecule is COc1ccc(Nc2ccc(NC(=O)c3cccnc3)cc2)cc1. The number of carbonyl (C=O) groups excluding carboxylic acids is 1. The maximum absolute atomic E-state index is 12.1. The first-order chi connectivity index (χ1) is 11.7. The molecule has 3 aromatic rings. The molecular weight excluding hydrogens is 302 g/mol. The van der Waals surface area contributed by atoms with Crippen molar-refractivity contribution in [3.05, 3.63) is 78.6 Å². The Morgan fingerprint density at radius 3 is 2.12 bits per heavy atom. The molecular formula is C19H17N3O2. The molecule has 1 amide bonds. The molecule has 0 unspecified atom stereocenters. The molecule has 0 fully saturated rings. The van der Waals surface area contributed by atoms with Crippen LogP contribution in [0, 0.1) is 0 Å². The average molecular weight is 319 g/mol. The molecule has 0 aliphatic heterocycles. The molecule has 0 bridgehead atoms. The van der Waals surface area contributed by atoms with Crippen LogP contribution < -0.4 is 15.4 Å². The molecule has 24 heavy (non-hydrogen) atoms. The Morgan fingerprint density at radius 2 is 1.54 bits per heavy atom. The highest BCUT2D eigenvalue weighted by Crippen LogP contribution is 2.21. The van der Waals surface area contributed by atoms with E-state index in [4.69, 9.17) is 4.74 Å². The van der Waals surface area contributed by atoms with Crippen molar-refractivity contribution < 1.29 is 9.53 Å². The monoisotopic (exact) mass is 319 g/mol. The lowest BCUT2D eigenvalue weighted by Gasteiger charge is -2.09. The molecule has 120 valence electrons. The van der Waals surface area contributed by atoms with Crippen molar-refractivity contribution in [1.29, 1.82) is 0 Å². The molecule has 0 saturated carbocycles. The lowest BCUT2D eigenvalue weighted by molar-refractivity contribution is 0.102. The van der Waals surface area contributed by atoms with Crippen molar-refractivity contribution in [2.75, 3.05) is 17.7 Å². The quantitative estimate of drug-likeness (QED) is 0.743. The van der Waals surface area contributed by atoms with Gasteiger partial charge in [-0.05, 0) is 60.7 Å². The summed E-state index contributed by atoms with van der Waals surface area (Å²) in [4.78, 5) is 16.0. The number of aromatic nitrogens is 1. The second-order valence-electron chi connectivity index (χ2n) is 5.13. The van der Waals surface area contributed by atoms with Gasteiger partial charge in [-0.1, -0.05) is 0 Å². The van der Waals surface area contributed by atoms with Crippen LogP contribution in [0.2, 0.25) is 0 Å². The number of anilines is 3. The Bertz CT molecular complexity index is 800. The van der Waals surface area contributed by atoms with Crippen LogP contribution in [0.3, 0.4) is 0 Å². The Labute approximate surface area is 140 Å². The molecule has 1 aromatic heterocycles. The number of rotatable bonds is 5. The highest BCUT2D eigenvalue weighted by atomic mass is 16.5. The van der Waals surface area contributed by atoms with E-state index in [2.05, 4.69) is 15.6 Å². The normalized spacial score (nSPS) is 10.0. The third kappa shape index (κ3) is 3.89. The second-order valence-corrected chi connectivity index (χ2v) is 5.13. The highest BCUT2D eigenvalue weighted by Gasteiger charge is 2.05. The molecule has 1 heterocycles. The lowest BCUT2D eigenvalue weighted by atomic mass is 10.2. The number of pyridine rings is 1. The van der Waals surface area contributed by atoms with E-state index in [0.717, 1.165) is 22.8 Å². The molecule has 0 saturated heterocycles. The van der Waals surface area contributed by atoms with Crippen LogP contribution in [-0.4, -0.2) is 18.0 Å². The van der Waals surface area contributed by atoms with Crippen molar-refractivity contribution in [2.45, 2.75) is 0 Å². The number of ether oxygens (including phenoxy) is 1. The van der Waals surface area contributed by atoms with Gasteiger partial charge < -0.3 is 15.4 Å². The first kappa shape index (κ1) is 15.6.